The van der Waals surface area contributed by atoms with Gasteiger partial charge in [0, 0.05) is 30.1 Å². The van der Waals surface area contributed by atoms with Crippen LogP contribution in [0.2, 0.25) is 0 Å². The van der Waals surface area contributed by atoms with Crippen molar-refractivity contribution in [3.8, 4) is 11.5 Å². The summed E-state index contributed by atoms with van der Waals surface area (Å²) in [5.41, 5.74) is 0.574. The second-order valence-electron chi connectivity index (χ2n) is 5.09. The van der Waals surface area contributed by atoms with Crippen LogP contribution in [0.25, 0.3) is 0 Å². The normalized spacial score (nSPS) is 21.9. The lowest BCUT2D eigenvalue weighted by Crippen LogP contribution is -2.38. The number of hydrogen-bond donors (Lipinski definition) is 0. The van der Waals surface area contributed by atoms with Crippen LogP contribution in [0.15, 0.2) is 18.2 Å². The summed E-state index contributed by atoms with van der Waals surface area (Å²) in [6.07, 6.45) is 0.990. The number of ether oxygens (including phenoxy) is 2. The summed E-state index contributed by atoms with van der Waals surface area (Å²) in [6, 6.07) is 5.32. The van der Waals surface area contributed by atoms with Crippen LogP contribution in [0, 0.1) is 5.92 Å². The average Bonchev–Trinajstić information content (AvgIpc) is 2.86. The molecule has 0 spiro atoms. The van der Waals surface area contributed by atoms with Crippen molar-refractivity contribution >= 4 is 17.5 Å². The predicted molar refractivity (Wildman–Crippen MR) is 78.9 cm³/mol. The fraction of sp³-hybridized carbons (Fsp3) is 0.533. The summed E-state index contributed by atoms with van der Waals surface area (Å²) in [6.45, 7) is 2.88. The first-order valence-corrected chi connectivity index (χ1v) is 7.24. The van der Waals surface area contributed by atoms with Gasteiger partial charge in [0.05, 0.1) is 14.2 Å². The van der Waals surface area contributed by atoms with Crippen LogP contribution in [0.3, 0.4) is 0 Å². The molecule has 0 saturated carbocycles. The molecule has 2 unspecified atom stereocenters. The highest BCUT2D eigenvalue weighted by Gasteiger charge is 2.34. The van der Waals surface area contributed by atoms with Crippen LogP contribution in [-0.4, -0.2) is 43.5 Å². The van der Waals surface area contributed by atoms with Gasteiger partial charge >= 0.3 is 0 Å². The Labute approximate surface area is 124 Å². The molecule has 1 fully saturated rings. The summed E-state index contributed by atoms with van der Waals surface area (Å²) >= 11 is 6.00. The van der Waals surface area contributed by atoms with E-state index in [1.165, 1.54) is 0 Å². The Kier molecular flexibility index (Phi) is 4.76. The molecule has 0 radical (unpaired) electrons. The molecule has 1 saturated heterocycles. The van der Waals surface area contributed by atoms with E-state index in [9.17, 15) is 4.79 Å². The molecule has 0 aromatic heterocycles. The summed E-state index contributed by atoms with van der Waals surface area (Å²) in [4.78, 5) is 14.5. The summed E-state index contributed by atoms with van der Waals surface area (Å²) in [7, 11) is 3.14. The van der Waals surface area contributed by atoms with Gasteiger partial charge in [-0.05, 0) is 24.5 Å². The molecule has 1 amide bonds. The van der Waals surface area contributed by atoms with Crippen molar-refractivity contribution in [3.05, 3.63) is 23.8 Å². The van der Waals surface area contributed by atoms with Gasteiger partial charge in [-0.3, -0.25) is 4.79 Å². The second kappa shape index (κ2) is 6.35. The molecule has 1 aromatic rings. The Morgan fingerprint density at radius 3 is 2.40 bits per heavy atom. The number of carbonyl (C=O) groups excluding carboxylic acids is 1. The highest BCUT2D eigenvalue weighted by molar-refractivity contribution is 6.18. The molecular formula is C15H20ClNO3. The van der Waals surface area contributed by atoms with Crippen LogP contribution < -0.4 is 9.47 Å². The van der Waals surface area contributed by atoms with Crippen LogP contribution in [0.4, 0.5) is 0 Å². The van der Waals surface area contributed by atoms with E-state index >= 15 is 0 Å². The SMILES string of the molecule is COc1cc(OC)cc(C(=O)N2CCC(C)C2CCl)c1. The first-order valence-electron chi connectivity index (χ1n) is 6.70. The van der Waals surface area contributed by atoms with Gasteiger partial charge in [-0.25, -0.2) is 0 Å². The molecule has 0 N–H and O–H groups in total. The molecule has 20 heavy (non-hydrogen) atoms. The minimum Gasteiger partial charge on any atom is -0.497 e. The first-order chi connectivity index (χ1) is 9.60. The third-order valence-corrected chi connectivity index (χ3v) is 4.22. The lowest BCUT2D eigenvalue weighted by Gasteiger charge is -2.25. The van der Waals surface area contributed by atoms with Crippen molar-refractivity contribution in [2.45, 2.75) is 19.4 Å². The van der Waals surface area contributed by atoms with Gasteiger partial charge in [0.15, 0.2) is 0 Å². The molecule has 1 aliphatic heterocycles. The molecule has 1 aromatic carbocycles. The Balaban J connectivity index is 2.28. The molecular weight excluding hydrogens is 278 g/mol. The standard InChI is InChI=1S/C15H20ClNO3/c1-10-4-5-17(14(10)9-16)15(18)11-6-12(19-2)8-13(7-11)20-3/h6-8,10,14H,4-5,9H2,1-3H3. The van der Waals surface area contributed by atoms with E-state index in [1.54, 1.807) is 32.4 Å². The quantitative estimate of drug-likeness (QED) is 0.802. The molecule has 0 aliphatic carbocycles. The smallest absolute Gasteiger partial charge is 0.254 e. The van der Waals surface area contributed by atoms with Gasteiger partial charge in [0.25, 0.3) is 5.91 Å². The van der Waals surface area contributed by atoms with Crippen LogP contribution in [-0.2, 0) is 0 Å². The molecule has 2 atom stereocenters. The molecule has 110 valence electrons. The lowest BCUT2D eigenvalue weighted by atomic mass is 10.0. The minimum absolute atomic E-state index is 0.0165. The monoisotopic (exact) mass is 297 g/mol. The number of likely N-dealkylation sites (tertiary alicyclic amines) is 1. The number of nitrogens with zero attached hydrogens (tertiary/aromatic N) is 1. The van der Waals surface area contributed by atoms with E-state index < -0.39 is 0 Å². The summed E-state index contributed by atoms with van der Waals surface area (Å²) in [5.74, 6) is 2.11. The van der Waals surface area contributed by atoms with Crippen LogP contribution in [0.5, 0.6) is 11.5 Å². The van der Waals surface area contributed by atoms with E-state index in [0.717, 1.165) is 13.0 Å². The maximum absolute atomic E-state index is 12.7. The highest BCUT2D eigenvalue weighted by atomic mass is 35.5. The maximum atomic E-state index is 12.7. The van der Waals surface area contributed by atoms with Crippen LogP contribution in [0.1, 0.15) is 23.7 Å². The number of halogens is 1. The third-order valence-electron chi connectivity index (χ3n) is 3.90. The van der Waals surface area contributed by atoms with E-state index in [2.05, 4.69) is 6.92 Å². The molecule has 4 nitrogen and oxygen atoms in total. The Morgan fingerprint density at radius 1 is 1.30 bits per heavy atom. The van der Waals surface area contributed by atoms with Crippen molar-refractivity contribution in [1.82, 2.24) is 4.90 Å². The zero-order valence-corrected chi connectivity index (χ0v) is 12.8. The largest absolute Gasteiger partial charge is 0.497 e. The van der Waals surface area contributed by atoms with Crippen molar-refractivity contribution in [2.24, 2.45) is 5.92 Å². The van der Waals surface area contributed by atoms with E-state index in [4.69, 9.17) is 21.1 Å². The number of rotatable bonds is 4. The van der Waals surface area contributed by atoms with Gasteiger partial charge in [0.1, 0.15) is 11.5 Å². The number of amides is 1. The van der Waals surface area contributed by atoms with Crippen molar-refractivity contribution in [3.63, 3.8) is 0 Å². The van der Waals surface area contributed by atoms with Gasteiger partial charge < -0.3 is 14.4 Å². The topological polar surface area (TPSA) is 38.8 Å². The van der Waals surface area contributed by atoms with E-state index in [1.807, 2.05) is 4.90 Å². The number of hydrogen-bond acceptors (Lipinski definition) is 3. The second-order valence-corrected chi connectivity index (χ2v) is 5.40. The predicted octanol–water partition coefficient (Wildman–Crippen LogP) is 2.79. The minimum atomic E-state index is -0.0165. The van der Waals surface area contributed by atoms with Gasteiger partial charge in [-0.2, -0.15) is 0 Å². The molecule has 2 rings (SSSR count). The third kappa shape index (κ3) is 2.85. The van der Waals surface area contributed by atoms with Crippen molar-refractivity contribution in [2.75, 3.05) is 26.6 Å². The summed E-state index contributed by atoms with van der Waals surface area (Å²) in [5, 5.41) is 0. The van der Waals surface area contributed by atoms with Crippen molar-refractivity contribution in [1.29, 1.82) is 0 Å². The first kappa shape index (κ1) is 15.0. The summed E-state index contributed by atoms with van der Waals surface area (Å²) < 4.78 is 10.4. The van der Waals surface area contributed by atoms with Crippen LogP contribution >= 0.6 is 11.6 Å². The van der Waals surface area contributed by atoms with Gasteiger partial charge in [-0.1, -0.05) is 6.92 Å². The number of carbonyl (C=O) groups is 1. The number of alkyl halides is 1. The Bertz CT molecular complexity index is 470. The van der Waals surface area contributed by atoms with E-state index in [-0.39, 0.29) is 11.9 Å². The Morgan fingerprint density at radius 2 is 1.90 bits per heavy atom. The molecule has 1 heterocycles. The Hall–Kier alpha value is -1.42. The van der Waals surface area contributed by atoms with Gasteiger partial charge in [0.2, 0.25) is 0 Å². The number of methoxy groups -OCH3 is 2. The molecule has 0 bridgehead atoms. The van der Waals surface area contributed by atoms with Gasteiger partial charge in [-0.15, -0.1) is 11.6 Å². The average molecular weight is 298 g/mol. The molecule has 1 aliphatic rings. The highest BCUT2D eigenvalue weighted by Crippen LogP contribution is 2.29. The van der Waals surface area contributed by atoms with Crippen molar-refractivity contribution < 1.29 is 14.3 Å². The van der Waals surface area contributed by atoms with E-state index in [0.29, 0.717) is 28.9 Å². The number of benzene rings is 1. The fourth-order valence-corrected chi connectivity index (χ4v) is 3.06. The zero-order chi connectivity index (χ0) is 14.7. The zero-order valence-electron chi connectivity index (χ0n) is 12.1. The fourth-order valence-electron chi connectivity index (χ4n) is 2.59. The maximum Gasteiger partial charge on any atom is 0.254 e. The molecule has 5 heteroatoms. The lowest BCUT2D eigenvalue weighted by molar-refractivity contribution is 0.0736.